The number of hydrogen-bond acceptors (Lipinski definition) is 4. The van der Waals surface area contributed by atoms with E-state index in [-0.39, 0.29) is 5.78 Å². The molecular formula is C19H17ClN2O3. The minimum atomic E-state index is -0.197. The standard InChI is InChI=1S/C19H17ClN2O3/c1-24-9-10-25-18-8-7-15(20)11-17(18)19(23)14-12-21-22(13-14)16-5-3-2-4-6-16/h2-8,11-13H,9-10H2,1H3. The molecule has 0 bridgehead atoms. The lowest BCUT2D eigenvalue weighted by atomic mass is 10.1. The Kier molecular flexibility index (Phi) is 5.48. The lowest BCUT2D eigenvalue weighted by Crippen LogP contribution is -2.09. The molecule has 1 heterocycles. The van der Waals surface area contributed by atoms with E-state index in [9.17, 15) is 4.79 Å². The Morgan fingerprint density at radius 3 is 2.72 bits per heavy atom. The fourth-order valence-corrected chi connectivity index (χ4v) is 2.53. The third kappa shape index (κ3) is 4.07. The number of carbonyl (C=O) groups is 1. The number of para-hydroxylation sites is 1. The molecule has 0 amide bonds. The fraction of sp³-hybridized carbons (Fsp3) is 0.158. The van der Waals surface area contributed by atoms with Gasteiger partial charge in [0.05, 0.1) is 29.6 Å². The SMILES string of the molecule is COCCOc1ccc(Cl)cc1C(=O)c1cnn(-c2ccccc2)c1. The predicted octanol–water partition coefficient (Wildman–Crippen LogP) is 3.78. The van der Waals surface area contributed by atoms with Crippen molar-refractivity contribution in [3.8, 4) is 11.4 Å². The fourth-order valence-electron chi connectivity index (χ4n) is 2.36. The van der Waals surface area contributed by atoms with Gasteiger partial charge in [0, 0.05) is 18.3 Å². The highest BCUT2D eigenvalue weighted by Crippen LogP contribution is 2.26. The quantitative estimate of drug-likeness (QED) is 0.477. The van der Waals surface area contributed by atoms with Gasteiger partial charge in [-0.25, -0.2) is 4.68 Å². The normalized spacial score (nSPS) is 10.6. The summed E-state index contributed by atoms with van der Waals surface area (Å²) in [6, 6.07) is 14.6. The number of halogens is 1. The molecule has 25 heavy (non-hydrogen) atoms. The van der Waals surface area contributed by atoms with Gasteiger partial charge in [0.25, 0.3) is 0 Å². The number of methoxy groups -OCH3 is 1. The third-order valence-corrected chi connectivity index (χ3v) is 3.83. The Labute approximate surface area is 150 Å². The van der Waals surface area contributed by atoms with Gasteiger partial charge in [-0.05, 0) is 30.3 Å². The van der Waals surface area contributed by atoms with Gasteiger partial charge < -0.3 is 9.47 Å². The number of aromatic nitrogens is 2. The zero-order valence-electron chi connectivity index (χ0n) is 13.7. The lowest BCUT2D eigenvalue weighted by molar-refractivity contribution is 0.103. The molecule has 0 saturated heterocycles. The molecule has 5 nitrogen and oxygen atoms in total. The van der Waals surface area contributed by atoms with Crippen LogP contribution in [0.4, 0.5) is 0 Å². The van der Waals surface area contributed by atoms with Crippen LogP contribution in [-0.4, -0.2) is 35.9 Å². The van der Waals surface area contributed by atoms with E-state index in [4.69, 9.17) is 21.1 Å². The third-order valence-electron chi connectivity index (χ3n) is 3.60. The summed E-state index contributed by atoms with van der Waals surface area (Å²) in [5, 5.41) is 4.73. The first-order valence-electron chi connectivity index (χ1n) is 7.75. The van der Waals surface area contributed by atoms with Crippen molar-refractivity contribution in [1.29, 1.82) is 0 Å². The number of ether oxygens (including phenoxy) is 2. The van der Waals surface area contributed by atoms with Gasteiger partial charge in [-0.15, -0.1) is 0 Å². The summed E-state index contributed by atoms with van der Waals surface area (Å²) in [6.45, 7) is 0.782. The topological polar surface area (TPSA) is 53.4 Å². The Hall–Kier alpha value is -2.63. The summed E-state index contributed by atoms with van der Waals surface area (Å²) in [5.41, 5.74) is 1.74. The molecular weight excluding hydrogens is 340 g/mol. The molecule has 0 aliphatic carbocycles. The van der Waals surface area contributed by atoms with Crippen molar-refractivity contribution >= 4 is 17.4 Å². The molecule has 2 aromatic carbocycles. The minimum absolute atomic E-state index is 0.197. The average Bonchev–Trinajstić information content (AvgIpc) is 3.13. The summed E-state index contributed by atoms with van der Waals surface area (Å²) >= 11 is 6.06. The second-order valence-corrected chi connectivity index (χ2v) is 5.76. The largest absolute Gasteiger partial charge is 0.490 e. The summed E-state index contributed by atoms with van der Waals surface area (Å²) < 4.78 is 12.3. The van der Waals surface area contributed by atoms with Crippen LogP contribution in [0, 0.1) is 0 Å². The van der Waals surface area contributed by atoms with Gasteiger partial charge in [-0.2, -0.15) is 5.10 Å². The first-order valence-corrected chi connectivity index (χ1v) is 8.13. The van der Waals surface area contributed by atoms with E-state index >= 15 is 0 Å². The first kappa shape index (κ1) is 17.2. The Balaban J connectivity index is 1.88. The Bertz CT molecular complexity index is 862. The second kappa shape index (κ2) is 7.96. The maximum atomic E-state index is 12.9. The zero-order chi connectivity index (χ0) is 17.6. The molecule has 1 aromatic heterocycles. The maximum absolute atomic E-state index is 12.9. The van der Waals surface area contributed by atoms with Crippen LogP contribution in [-0.2, 0) is 4.74 Å². The molecule has 0 radical (unpaired) electrons. The van der Waals surface area contributed by atoms with Crippen LogP contribution in [0.15, 0.2) is 60.9 Å². The maximum Gasteiger partial charge on any atom is 0.199 e. The average molecular weight is 357 g/mol. The molecule has 0 atom stereocenters. The van der Waals surface area contributed by atoms with Crippen molar-refractivity contribution in [3.63, 3.8) is 0 Å². The number of benzene rings is 2. The lowest BCUT2D eigenvalue weighted by Gasteiger charge is -2.10. The molecule has 3 aromatic rings. The Morgan fingerprint density at radius 1 is 1.16 bits per heavy atom. The number of carbonyl (C=O) groups excluding carboxylic acids is 1. The molecule has 128 valence electrons. The van der Waals surface area contributed by atoms with Crippen LogP contribution >= 0.6 is 11.6 Å². The van der Waals surface area contributed by atoms with E-state index in [0.29, 0.717) is 35.1 Å². The smallest absolute Gasteiger partial charge is 0.199 e. The Morgan fingerprint density at radius 2 is 1.96 bits per heavy atom. The highest BCUT2D eigenvalue weighted by Gasteiger charge is 2.17. The van der Waals surface area contributed by atoms with Gasteiger partial charge in [0.1, 0.15) is 12.4 Å². The van der Waals surface area contributed by atoms with Crippen molar-refractivity contribution in [2.45, 2.75) is 0 Å². The van der Waals surface area contributed by atoms with Crippen LogP contribution in [0.3, 0.4) is 0 Å². The van der Waals surface area contributed by atoms with Crippen LogP contribution in [0.1, 0.15) is 15.9 Å². The van der Waals surface area contributed by atoms with Gasteiger partial charge in [-0.1, -0.05) is 29.8 Å². The van der Waals surface area contributed by atoms with E-state index < -0.39 is 0 Å². The summed E-state index contributed by atoms with van der Waals surface area (Å²) in [4.78, 5) is 12.9. The molecule has 0 unspecified atom stereocenters. The van der Waals surface area contributed by atoms with Crippen LogP contribution in [0.25, 0.3) is 5.69 Å². The summed E-state index contributed by atoms with van der Waals surface area (Å²) in [6.07, 6.45) is 3.23. The van der Waals surface area contributed by atoms with E-state index in [1.165, 1.54) is 6.20 Å². The molecule has 0 spiro atoms. The molecule has 0 aliphatic rings. The van der Waals surface area contributed by atoms with Gasteiger partial charge >= 0.3 is 0 Å². The number of ketones is 1. The molecule has 6 heteroatoms. The molecule has 0 aliphatic heterocycles. The number of rotatable bonds is 7. The summed E-state index contributed by atoms with van der Waals surface area (Å²) in [5.74, 6) is 0.274. The van der Waals surface area contributed by atoms with Crippen molar-refractivity contribution in [3.05, 3.63) is 77.1 Å². The molecule has 0 N–H and O–H groups in total. The number of hydrogen-bond donors (Lipinski definition) is 0. The van der Waals surface area contributed by atoms with Crippen molar-refractivity contribution < 1.29 is 14.3 Å². The molecule has 0 fully saturated rings. The highest BCUT2D eigenvalue weighted by atomic mass is 35.5. The van der Waals surface area contributed by atoms with Gasteiger partial charge in [0.15, 0.2) is 5.78 Å². The van der Waals surface area contributed by atoms with Crippen LogP contribution in [0.5, 0.6) is 5.75 Å². The predicted molar refractivity (Wildman–Crippen MR) is 95.8 cm³/mol. The zero-order valence-corrected chi connectivity index (χ0v) is 14.4. The van der Waals surface area contributed by atoms with E-state index in [1.54, 1.807) is 36.2 Å². The van der Waals surface area contributed by atoms with Gasteiger partial charge in [-0.3, -0.25) is 4.79 Å². The van der Waals surface area contributed by atoms with Crippen LogP contribution in [0.2, 0.25) is 5.02 Å². The van der Waals surface area contributed by atoms with E-state index in [2.05, 4.69) is 5.10 Å². The monoisotopic (exact) mass is 356 g/mol. The van der Waals surface area contributed by atoms with Crippen molar-refractivity contribution in [1.82, 2.24) is 9.78 Å². The highest BCUT2D eigenvalue weighted by molar-refractivity contribution is 6.31. The van der Waals surface area contributed by atoms with Gasteiger partial charge in [0.2, 0.25) is 0 Å². The van der Waals surface area contributed by atoms with E-state index in [1.807, 2.05) is 30.3 Å². The van der Waals surface area contributed by atoms with Crippen molar-refractivity contribution in [2.75, 3.05) is 20.3 Å². The summed E-state index contributed by atoms with van der Waals surface area (Å²) in [7, 11) is 1.59. The molecule has 3 rings (SSSR count). The molecule has 0 saturated carbocycles. The van der Waals surface area contributed by atoms with E-state index in [0.717, 1.165) is 5.69 Å². The van der Waals surface area contributed by atoms with Crippen molar-refractivity contribution in [2.24, 2.45) is 0 Å². The second-order valence-electron chi connectivity index (χ2n) is 5.32. The van der Waals surface area contributed by atoms with Crippen LogP contribution < -0.4 is 4.74 Å². The number of nitrogens with zero attached hydrogens (tertiary/aromatic N) is 2. The first-order chi connectivity index (χ1) is 12.2. The minimum Gasteiger partial charge on any atom is -0.490 e.